The van der Waals surface area contributed by atoms with Crippen molar-refractivity contribution in [2.24, 2.45) is 5.92 Å². The van der Waals surface area contributed by atoms with Gasteiger partial charge in [-0.25, -0.2) is 14.4 Å². The zero-order valence-corrected chi connectivity index (χ0v) is 15.1. The van der Waals surface area contributed by atoms with Gasteiger partial charge in [-0.15, -0.1) is 0 Å². The van der Waals surface area contributed by atoms with E-state index >= 15 is 0 Å². The van der Waals surface area contributed by atoms with Crippen LogP contribution in [0.5, 0.6) is 11.6 Å². The third-order valence-electron chi connectivity index (χ3n) is 4.85. The summed E-state index contributed by atoms with van der Waals surface area (Å²) in [5, 5.41) is 10.6. The van der Waals surface area contributed by atoms with Crippen molar-refractivity contribution >= 4 is 22.8 Å². The Morgan fingerprint density at radius 2 is 2.14 bits per heavy atom. The Morgan fingerprint density at radius 1 is 1.32 bits per heavy atom. The van der Waals surface area contributed by atoms with Gasteiger partial charge >= 0.3 is 0 Å². The minimum absolute atomic E-state index is 0.206. The Bertz CT molecular complexity index is 1060. The molecule has 0 aliphatic heterocycles. The first-order valence-corrected chi connectivity index (χ1v) is 9.14. The predicted molar refractivity (Wildman–Crippen MR) is 99.0 cm³/mol. The monoisotopic (exact) mass is 383 g/mol. The zero-order valence-electron chi connectivity index (χ0n) is 15.1. The Labute approximate surface area is 159 Å². The molecule has 1 amide bonds. The van der Waals surface area contributed by atoms with Gasteiger partial charge in [-0.05, 0) is 37.5 Å². The van der Waals surface area contributed by atoms with Crippen molar-refractivity contribution in [3.05, 3.63) is 24.4 Å². The van der Waals surface area contributed by atoms with E-state index in [1.807, 2.05) is 0 Å². The van der Waals surface area contributed by atoms with E-state index in [0.29, 0.717) is 34.4 Å². The normalized spacial score (nSPS) is 20.8. The fourth-order valence-corrected chi connectivity index (χ4v) is 3.08. The van der Waals surface area contributed by atoms with E-state index in [1.165, 1.54) is 0 Å². The van der Waals surface area contributed by atoms with Gasteiger partial charge in [-0.3, -0.25) is 9.89 Å². The van der Waals surface area contributed by atoms with Crippen LogP contribution in [-0.2, 0) is 4.79 Å². The molecule has 2 saturated carbocycles. The molecule has 3 aromatic rings. The van der Waals surface area contributed by atoms with Crippen LogP contribution < -0.4 is 14.8 Å². The van der Waals surface area contributed by atoms with Crippen LogP contribution in [0.15, 0.2) is 24.4 Å². The Morgan fingerprint density at radius 3 is 2.86 bits per heavy atom. The number of ether oxygens (including phenoxy) is 2. The molecule has 9 heteroatoms. The van der Waals surface area contributed by atoms with E-state index in [0.717, 1.165) is 18.2 Å². The SMILES string of the molecule is COc1nccc(OC2CC2)c1-c1n[nH]c2nc(NC(=O)[C@@H]3C[C@@H]3F)ccc12. The number of hydrogen-bond acceptors (Lipinski definition) is 6. The number of rotatable bonds is 6. The molecule has 0 bridgehead atoms. The molecule has 2 aliphatic rings. The van der Waals surface area contributed by atoms with E-state index in [4.69, 9.17) is 9.47 Å². The van der Waals surface area contributed by atoms with Gasteiger partial charge in [0, 0.05) is 11.6 Å². The minimum Gasteiger partial charge on any atom is -0.489 e. The van der Waals surface area contributed by atoms with Gasteiger partial charge < -0.3 is 14.8 Å². The van der Waals surface area contributed by atoms with Crippen molar-refractivity contribution in [3.63, 3.8) is 0 Å². The summed E-state index contributed by atoms with van der Waals surface area (Å²) in [6.45, 7) is 0. The molecule has 8 nitrogen and oxygen atoms in total. The summed E-state index contributed by atoms with van der Waals surface area (Å²) in [6, 6.07) is 5.25. The zero-order chi connectivity index (χ0) is 19.3. The van der Waals surface area contributed by atoms with E-state index < -0.39 is 12.1 Å². The van der Waals surface area contributed by atoms with Crippen molar-refractivity contribution in [1.29, 1.82) is 0 Å². The van der Waals surface area contributed by atoms with Gasteiger partial charge in [0.25, 0.3) is 0 Å². The molecule has 0 saturated heterocycles. The number of H-pyrrole nitrogens is 1. The van der Waals surface area contributed by atoms with E-state index in [9.17, 15) is 9.18 Å². The number of fused-ring (bicyclic) bond motifs is 1. The van der Waals surface area contributed by atoms with Crippen LogP contribution in [0.4, 0.5) is 10.2 Å². The van der Waals surface area contributed by atoms with Crippen LogP contribution >= 0.6 is 0 Å². The Kier molecular flexibility index (Phi) is 3.88. The number of carbonyl (C=O) groups excluding carboxylic acids is 1. The number of alkyl halides is 1. The second-order valence-electron chi connectivity index (χ2n) is 7.02. The molecule has 2 atom stereocenters. The summed E-state index contributed by atoms with van der Waals surface area (Å²) in [4.78, 5) is 20.6. The molecule has 2 fully saturated rings. The lowest BCUT2D eigenvalue weighted by Crippen LogP contribution is -2.15. The molecule has 0 radical (unpaired) electrons. The van der Waals surface area contributed by atoms with Gasteiger partial charge in [-0.1, -0.05) is 0 Å². The standard InChI is InChI=1S/C19H18FN5O3/c1-27-19-15(13(6-7-21-19)28-9-2-3-9)16-10-4-5-14(22-17(10)25-24-16)23-18(26)11-8-12(11)20/h4-7,9,11-12H,2-3,8H2,1H3,(H2,22,23,24,25,26)/t11-,12+/m1/s1. The fourth-order valence-electron chi connectivity index (χ4n) is 3.08. The number of nitrogens with zero attached hydrogens (tertiary/aromatic N) is 3. The largest absolute Gasteiger partial charge is 0.489 e. The second kappa shape index (κ2) is 6.43. The highest BCUT2D eigenvalue weighted by Crippen LogP contribution is 2.41. The third kappa shape index (κ3) is 3.02. The van der Waals surface area contributed by atoms with E-state index in [2.05, 4.69) is 25.5 Å². The quantitative estimate of drug-likeness (QED) is 0.679. The lowest BCUT2D eigenvalue weighted by atomic mass is 10.1. The number of hydrogen-bond donors (Lipinski definition) is 2. The van der Waals surface area contributed by atoms with Gasteiger partial charge in [0.1, 0.15) is 29.0 Å². The lowest BCUT2D eigenvalue weighted by molar-refractivity contribution is -0.117. The molecule has 0 aromatic carbocycles. The number of aromatic amines is 1. The maximum atomic E-state index is 13.0. The van der Waals surface area contributed by atoms with Crippen LogP contribution in [-0.4, -0.2) is 45.5 Å². The van der Waals surface area contributed by atoms with Crippen LogP contribution in [0.3, 0.4) is 0 Å². The third-order valence-corrected chi connectivity index (χ3v) is 4.85. The number of aromatic nitrogens is 4. The molecule has 0 unspecified atom stereocenters. The molecule has 5 rings (SSSR count). The summed E-state index contributed by atoms with van der Waals surface area (Å²) in [5.74, 6) is 0.485. The first kappa shape index (κ1) is 16.9. The number of methoxy groups -OCH3 is 1. The fraction of sp³-hybridized carbons (Fsp3) is 0.368. The molecule has 2 N–H and O–H groups in total. The summed E-state index contributed by atoms with van der Waals surface area (Å²) < 4.78 is 24.5. The predicted octanol–water partition coefficient (Wildman–Crippen LogP) is 2.87. The van der Waals surface area contributed by atoms with Crippen molar-refractivity contribution < 1.29 is 18.7 Å². The van der Waals surface area contributed by atoms with Gasteiger partial charge in [0.2, 0.25) is 11.8 Å². The van der Waals surface area contributed by atoms with Gasteiger partial charge in [0.05, 0.1) is 19.1 Å². The lowest BCUT2D eigenvalue weighted by Gasteiger charge is -2.12. The smallest absolute Gasteiger partial charge is 0.231 e. The number of pyridine rings is 2. The summed E-state index contributed by atoms with van der Waals surface area (Å²) in [6.07, 6.45) is 3.11. The highest BCUT2D eigenvalue weighted by atomic mass is 19.1. The number of amides is 1. The topological polar surface area (TPSA) is 102 Å². The average Bonchev–Trinajstić information content (AvgIpc) is 3.61. The molecule has 3 aromatic heterocycles. The Balaban J connectivity index is 1.51. The molecular weight excluding hydrogens is 365 g/mol. The summed E-state index contributed by atoms with van der Waals surface area (Å²) in [5.41, 5.74) is 1.75. The first-order valence-electron chi connectivity index (χ1n) is 9.14. The van der Waals surface area contributed by atoms with Crippen LogP contribution in [0.25, 0.3) is 22.3 Å². The first-order chi connectivity index (χ1) is 13.6. The van der Waals surface area contributed by atoms with Gasteiger partial charge in [0.15, 0.2) is 5.65 Å². The van der Waals surface area contributed by atoms with E-state index in [-0.39, 0.29) is 18.4 Å². The molecule has 144 valence electrons. The van der Waals surface area contributed by atoms with Crippen LogP contribution in [0.1, 0.15) is 19.3 Å². The average molecular weight is 383 g/mol. The molecule has 2 aliphatic carbocycles. The second-order valence-corrected chi connectivity index (χ2v) is 7.02. The number of carbonyl (C=O) groups is 1. The summed E-state index contributed by atoms with van der Waals surface area (Å²) >= 11 is 0. The van der Waals surface area contributed by atoms with Gasteiger partial charge in [-0.2, -0.15) is 5.10 Å². The highest BCUT2D eigenvalue weighted by Gasteiger charge is 2.43. The van der Waals surface area contributed by atoms with Crippen molar-refractivity contribution in [2.45, 2.75) is 31.5 Å². The number of halogens is 1. The molecular formula is C19H18FN5O3. The number of nitrogens with one attached hydrogen (secondary N) is 2. The highest BCUT2D eigenvalue weighted by molar-refractivity contribution is 5.97. The van der Waals surface area contributed by atoms with Crippen molar-refractivity contribution in [1.82, 2.24) is 20.2 Å². The van der Waals surface area contributed by atoms with Crippen molar-refractivity contribution in [2.75, 3.05) is 12.4 Å². The maximum Gasteiger partial charge on any atom is 0.231 e. The molecule has 28 heavy (non-hydrogen) atoms. The molecule has 0 spiro atoms. The maximum absolute atomic E-state index is 13.0. The molecule has 3 heterocycles. The van der Waals surface area contributed by atoms with Crippen LogP contribution in [0.2, 0.25) is 0 Å². The van der Waals surface area contributed by atoms with Crippen LogP contribution in [0, 0.1) is 5.92 Å². The number of anilines is 1. The summed E-state index contributed by atoms with van der Waals surface area (Å²) in [7, 11) is 1.55. The Hall–Kier alpha value is -3.23. The van der Waals surface area contributed by atoms with E-state index in [1.54, 1.807) is 31.5 Å². The van der Waals surface area contributed by atoms with Crippen molar-refractivity contribution in [3.8, 4) is 22.9 Å². The minimum atomic E-state index is -1.05.